The Bertz CT molecular complexity index is 8970. The van der Waals surface area contributed by atoms with Crippen LogP contribution in [0.25, 0.3) is 77.2 Å². The summed E-state index contributed by atoms with van der Waals surface area (Å²) in [4.78, 5) is 2.63. The van der Waals surface area contributed by atoms with Crippen molar-refractivity contribution >= 4 is 151 Å². The second kappa shape index (κ2) is 29.6. The van der Waals surface area contributed by atoms with Crippen molar-refractivity contribution in [2.45, 2.75) is 26.2 Å². The molecule has 0 saturated carbocycles. The smallest absolute Gasteiger partial charge is 0.179 e. The monoisotopic (exact) mass is 1600 g/mol. The Hall–Kier alpha value is -13.1. The zero-order valence-corrected chi connectivity index (χ0v) is 62.6. The molecule has 0 aliphatic heterocycles. The number of nitrogens with zero attached hydrogens (tertiary/aromatic N) is 4. The molecular weight excluding hydrogens is 1470 g/mol. The summed E-state index contributed by atoms with van der Waals surface area (Å²) in [5.74, 6) is 0. The molecule has 0 fully saturated rings. The molecule has 113 heavy (non-hydrogen) atoms. The van der Waals surface area contributed by atoms with Crippen molar-refractivity contribution in [3.8, 4) is 33.6 Å². The molecule has 2 aromatic heterocycles. The molecule has 0 saturated heterocycles. The summed E-state index contributed by atoms with van der Waals surface area (Å²) in [5.41, 5.74) is -8.75. The van der Waals surface area contributed by atoms with Crippen LogP contribution in [-0.2, 0) is 5.41 Å². The number of rotatable bonds is 18. The van der Waals surface area contributed by atoms with E-state index in [1.807, 2.05) is 0 Å². The third kappa shape index (κ3) is 12.3. The molecule has 0 aliphatic carbocycles. The zero-order valence-electron chi connectivity index (χ0n) is 113. The first-order chi connectivity index (χ1) is 78.1. The largest absolute Gasteiger partial charge is 0.309 e. The summed E-state index contributed by atoms with van der Waals surface area (Å²) < 4.78 is 527. The summed E-state index contributed by atoms with van der Waals surface area (Å²) in [6, 6.07) is -39.3. The highest BCUT2D eigenvalue weighted by Crippen LogP contribution is 2.53. The van der Waals surface area contributed by atoms with Crippen LogP contribution in [0.3, 0.4) is 0 Å². The molecule has 0 aliphatic rings. The van der Waals surface area contributed by atoms with E-state index in [2.05, 4.69) is 15.9 Å². The van der Waals surface area contributed by atoms with Gasteiger partial charge in [-0.1, -0.05) is 371 Å². The summed E-state index contributed by atoms with van der Waals surface area (Å²) in [5, 5.41) is -11.7. The molecule has 0 amide bonds. The third-order valence-corrected chi connectivity index (χ3v) is 28.0. The van der Waals surface area contributed by atoms with Crippen LogP contribution in [0.15, 0.2) is 440 Å². The number of para-hydroxylation sites is 6. The third-order valence-electron chi connectivity index (χ3n) is 19.2. The lowest BCUT2D eigenvalue weighted by Gasteiger charge is -2.36. The Kier molecular flexibility index (Phi) is 8.65. The number of aromatic nitrogens is 2. The Morgan fingerprint density at radius 2 is 0.566 bits per heavy atom. The predicted octanol–water partition coefficient (Wildman–Crippen LogP) is 23.0. The molecule has 19 aromatic rings. The minimum absolute atomic E-state index is 0.110. The van der Waals surface area contributed by atoms with E-state index in [-0.39, 0.29) is 44.2 Å². The van der Waals surface area contributed by atoms with Crippen LogP contribution in [-0.4, -0.2) is 25.3 Å². The first kappa shape index (κ1) is 33.0. The van der Waals surface area contributed by atoms with Gasteiger partial charge in [0.2, 0.25) is 0 Å². The van der Waals surface area contributed by atoms with Crippen molar-refractivity contribution in [2.24, 2.45) is 0 Å². The normalized spacial score (nSPS) is 18.6. The molecule has 540 valence electrons. The van der Waals surface area contributed by atoms with E-state index in [0.717, 1.165) is 9.13 Å². The lowest BCUT2D eigenvalue weighted by atomic mass is 9.86. The zero-order chi connectivity index (χ0) is 123. The highest BCUT2D eigenvalue weighted by molar-refractivity contribution is 9.10. The van der Waals surface area contributed by atoms with E-state index in [9.17, 15) is 60.3 Å². The standard InChI is InChI=1S/C106H81BrN4Si2/c1-106(2,3)78-72-103(110(81-42-36-40-79(74-81)108-99-66-30-24-60-93(99)94-61-25-31-67-100(94)108)97-64-28-22-58-91(97)76-38-34-56-89(70-76)112(83-44-10-4-11-45-83,84-46-12-5-13-47-84)85-48-14-6-15-49-85)105(107)104(73-78)111(82-43-37-41-80(75-82)109-101-68-32-26-62-95(101)96-63-27-33-69-102(96)109)98-65-29-23-59-92(98)77-39-35-57-90(71-77)113(86-50-16-7-17-51-86,87-52-18-8-19-53-87)88-54-20-9-21-55-88/h4-75H,1-3H3/i4D,5D,6D,7D,8D,9D,10D,11D,12D,13D,14D,15D,16D,17D,18D,19D,20D,21D,24D,25D,26D,27D,30D,31D,32D,33D,34D,35D,38D,39D,44D,45D,46D,47D,48D,49D,50D,51D,52D,53D,54D,55D,56D,57D,60D,61D,62D,63D,66D,67D,68D,69D,70D,71D. The molecular formula is C106H81BrN4Si2. The molecule has 19 rings (SSSR count). The number of anilines is 6. The van der Waals surface area contributed by atoms with Crippen LogP contribution in [0.4, 0.5) is 34.1 Å². The van der Waals surface area contributed by atoms with Gasteiger partial charge < -0.3 is 18.9 Å². The van der Waals surface area contributed by atoms with Gasteiger partial charge >= 0.3 is 0 Å². The van der Waals surface area contributed by atoms with Crippen molar-refractivity contribution in [3.05, 3.63) is 446 Å². The van der Waals surface area contributed by atoms with Crippen molar-refractivity contribution in [1.82, 2.24) is 9.13 Å². The van der Waals surface area contributed by atoms with E-state index >= 15 is 0 Å². The Labute approximate surface area is 747 Å². The fraction of sp³-hybridized carbons (Fsp3) is 0.0377. The van der Waals surface area contributed by atoms with E-state index in [0.29, 0.717) is 0 Å². The summed E-state index contributed by atoms with van der Waals surface area (Å²) in [6.45, 7) is 5.01. The number of hydrogen-bond acceptors (Lipinski definition) is 2. The summed E-state index contributed by atoms with van der Waals surface area (Å²) in [6.07, 6.45) is 0. The molecule has 0 atom stereocenters. The van der Waals surface area contributed by atoms with Crippen molar-refractivity contribution in [1.29, 1.82) is 0 Å². The second-order valence-electron chi connectivity index (χ2n) is 26.4. The first-order valence-corrected chi connectivity index (χ1v) is 39.4. The van der Waals surface area contributed by atoms with Crippen LogP contribution in [0.2, 0.25) is 0 Å². The van der Waals surface area contributed by atoms with Crippen LogP contribution >= 0.6 is 15.9 Å². The van der Waals surface area contributed by atoms with E-state index in [1.54, 1.807) is 20.8 Å². The van der Waals surface area contributed by atoms with Gasteiger partial charge in [-0.05, 0) is 164 Å². The molecule has 4 nitrogen and oxygen atoms in total. The minimum atomic E-state index is -6.77. The molecule has 0 bridgehead atoms. The molecule has 0 N–H and O–H groups in total. The molecule has 0 unspecified atom stereocenters. The van der Waals surface area contributed by atoms with Crippen molar-refractivity contribution < 1.29 is 74.0 Å². The fourth-order valence-corrected chi connectivity index (χ4v) is 22.0. The van der Waals surface area contributed by atoms with Gasteiger partial charge in [0, 0.05) is 55.4 Å². The Balaban J connectivity index is 1.04. The number of hydrogen-bond donors (Lipinski definition) is 0. The number of fused-ring (bicyclic) bond motifs is 6. The minimum Gasteiger partial charge on any atom is -0.309 e. The van der Waals surface area contributed by atoms with Gasteiger partial charge in [-0.15, -0.1) is 0 Å². The SMILES string of the molecule is [2H]c1c([2H])c([2H])c([Si](c2c([2H])c([2H])c([2H])c([2H])c2[2H])(c2c([2H])c([2H])c([2H])c([2H])c2[2H])c2c([2H])c([2H])c([2H])c(-c3ccccc3N(c3cccc(-n4c5c([2H])c([2H])c([2H])c([2H])c5c5c([2H])c([2H])c([2H])c([2H])c54)c3)c3cc(C(C)(C)C)cc(N(c4cccc(-n5c6c([2H])c([2H])c([2H])c([2H])c6c6c([2H])c([2H])c([2H])c([2H])c65)c4)c4ccccc4-c4c([2H])c([2H])c([2H])c([Si](c5c([2H])c([2H])c([2H])c([2H])c5[2H])(c5c([2H])c([2H])c([2H])c([2H])c5[2H])c5c([2H])c([2H])c([2H])c([2H])c5[2H])c4[2H])c3Br)c2[2H])c([2H])c1[2H]. The first-order valence-electron chi connectivity index (χ1n) is 61.6. The van der Waals surface area contributed by atoms with E-state index in [1.165, 1.54) is 119 Å². The number of benzene rings is 17. The van der Waals surface area contributed by atoms with Gasteiger partial charge in [0.15, 0.2) is 16.1 Å². The van der Waals surface area contributed by atoms with Crippen LogP contribution < -0.4 is 51.3 Å². The Morgan fingerprint density at radius 1 is 0.283 bits per heavy atom. The second-order valence-corrected chi connectivity index (χ2v) is 34.2. The molecule has 2 heterocycles. The maximum Gasteiger partial charge on any atom is 0.179 e. The summed E-state index contributed by atoms with van der Waals surface area (Å²) >= 11 is 4.07. The maximum absolute atomic E-state index is 11.4. The van der Waals surface area contributed by atoms with Gasteiger partial charge in [-0.25, -0.2) is 0 Å². The maximum atomic E-state index is 11.4. The average molecular weight is 1600 g/mol. The van der Waals surface area contributed by atoms with Gasteiger partial charge in [0.25, 0.3) is 0 Å². The van der Waals surface area contributed by atoms with Gasteiger partial charge in [0.1, 0.15) is 0 Å². The van der Waals surface area contributed by atoms with Crippen LogP contribution in [0.1, 0.15) is 100 Å². The molecule has 17 aromatic carbocycles. The van der Waals surface area contributed by atoms with Gasteiger partial charge in [-0.3, -0.25) is 0 Å². The molecule has 7 heteroatoms. The average Bonchev–Trinajstić information content (AvgIpc) is 1.59. The quantitative estimate of drug-likeness (QED) is 0.0629. The molecule has 0 radical (unpaired) electrons. The molecule has 0 spiro atoms. The predicted molar refractivity (Wildman–Crippen MR) is 489 cm³/mol. The van der Waals surface area contributed by atoms with Crippen LogP contribution in [0.5, 0.6) is 0 Å². The van der Waals surface area contributed by atoms with Crippen molar-refractivity contribution in [2.75, 3.05) is 9.80 Å². The Morgan fingerprint density at radius 3 is 0.876 bits per heavy atom. The topological polar surface area (TPSA) is 16.3 Å². The number of halogens is 1. The lowest BCUT2D eigenvalue weighted by molar-refractivity contribution is 0.590. The fourth-order valence-electron chi connectivity index (χ4n) is 14.3. The highest BCUT2D eigenvalue weighted by atomic mass is 79.9. The van der Waals surface area contributed by atoms with E-state index in [4.69, 9.17) is 13.7 Å². The van der Waals surface area contributed by atoms with E-state index < -0.39 is 467 Å². The highest BCUT2D eigenvalue weighted by Gasteiger charge is 2.43. The van der Waals surface area contributed by atoms with Crippen molar-refractivity contribution in [3.63, 3.8) is 0 Å². The van der Waals surface area contributed by atoms with Crippen LogP contribution in [0, 0.1) is 0 Å². The van der Waals surface area contributed by atoms with Gasteiger partial charge in [0.05, 0.1) is 123 Å². The van der Waals surface area contributed by atoms with Gasteiger partial charge in [-0.2, -0.15) is 0 Å². The lowest BCUT2D eigenvalue weighted by Crippen LogP contribution is -2.74. The summed E-state index contributed by atoms with van der Waals surface area (Å²) in [7, 11) is -13.5.